The second-order valence-corrected chi connectivity index (χ2v) is 8.30. The van der Waals surface area contributed by atoms with Gasteiger partial charge < -0.3 is 10.5 Å². The molecule has 0 radical (unpaired) electrons. The van der Waals surface area contributed by atoms with Gasteiger partial charge in [-0.2, -0.15) is 0 Å². The van der Waals surface area contributed by atoms with E-state index in [0.717, 1.165) is 11.1 Å². The summed E-state index contributed by atoms with van der Waals surface area (Å²) in [6.07, 6.45) is 0. The third kappa shape index (κ3) is 5.19. The molecule has 0 spiro atoms. The lowest BCUT2D eigenvalue weighted by atomic mass is 9.95. The number of rotatable bonds is 8. The molecule has 3 aromatic rings. The molecule has 2 unspecified atom stereocenters. The van der Waals surface area contributed by atoms with Crippen molar-refractivity contribution in [2.45, 2.75) is 17.8 Å². The molecule has 0 saturated heterocycles. The highest BCUT2D eigenvalue weighted by molar-refractivity contribution is 7.88. The van der Waals surface area contributed by atoms with Crippen LogP contribution in [0.4, 0.5) is 0 Å². The van der Waals surface area contributed by atoms with Gasteiger partial charge in [-0.15, -0.1) is 0 Å². The molecule has 3 rings (SSSR count). The number of methoxy groups -OCH3 is 1. The fourth-order valence-corrected chi connectivity index (χ4v) is 4.44. The zero-order valence-corrected chi connectivity index (χ0v) is 16.5. The number of hydrogen-bond acceptors (Lipinski definition) is 4. The van der Waals surface area contributed by atoms with Crippen LogP contribution in [0.5, 0.6) is 5.75 Å². The predicted molar refractivity (Wildman–Crippen MR) is 111 cm³/mol. The van der Waals surface area contributed by atoms with E-state index in [1.165, 1.54) is 0 Å². The summed E-state index contributed by atoms with van der Waals surface area (Å²) in [6, 6.07) is 24.8. The molecule has 0 fully saturated rings. The number of nitrogens with one attached hydrogen (secondary N) is 1. The van der Waals surface area contributed by atoms with E-state index in [2.05, 4.69) is 4.72 Å². The van der Waals surface area contributed by atoms with Crippen molar-refractivity contribution in [1.29, 1.82) is 0 Å². The Morgan fingerprint density at radius 1 is 0.857 bits per heavy atom. The zero-order valence-electron chi connectivity index (χ0n) is 15.7. The van der Waals surface area contributed by atoms with Crippen molar-refractivity contribution in [3.8, 4) is 5.75 Å². The first-order chi connectivity index (χ1) is 13.5. The third-order valence-corrected chi connectivity index (χ3v) is 5.85. The van der Waals surface area contributed by atoms with E-state index in [1.54, 1.807) is 31.4 Å². The minimum Gasteiger partial charge on any atom is -0.497 e. The molecule has 5 nitrogen and oxygen atoms in total. The van der Waals surface area contributed by atoms with E-state index in [0.29, 0.717) is 11.3 Å². The van der Waals surface area contributed by atoms with Gasteiger partial charge in [-0.25, -0.2) is 13.1 Å². The summed E-state index contributed by atoms with van der Waals surface area (Å²) < 4.78 is 33.7. The molecule has 0 aliphatic rings. The van der Waals surface area contributed by atoms with Gasteiger partial charge in [0.2, 0.25) is 10.0 Å². The summed E-state index contributed by atoms with van der Waals surface area (Å²) in [4.78, 5) is 0. The molecular formula is C22H24N2O3S. The summed E-state index contributed by atoms with van der Waals surface area (Å²) in [5.74, 6) is 0.546. The average Bonchev–Trinajstić information content (AvgIpc) is 2.73. The van der Waals surface area contributed by atoms with Gasteiger partial charge in [0.05, 0.1) is 24.9 Å². The van der Waals surface area contributed by atoms with Crippen molar-refractivity contribution in [2.24, 2.45) is 5.73 Å². The Hall–Kier alpha value is -2.67. The highest BCUT2D eigenvalue weighted by Gasteiger charge is 2.26. The Kier molecular flexibility index (Phi) is 6.46. The van der Waals surface area contributed by atoms with Crippen LogP contribution in [0.25, 0.3) is 0 Å². The second-order valence-electron chi connectivity index (χ2n) is 6.55. The molecule has 3 N–H and O–H groups in total. The van der Waals surface area contributed by atoms with Crippen LogP contribution >= 0.6 is 0 Å². The van der Waals surface area contributed by atoms with Crippen LogP contribution in [0.3, 0.4) is 0 Å². The van der Waals surface area contributed by atoms with Gasteiger partial charge in [0.25, 0.3) is 0 Å². The van der Waals surface area contributed by atoms with E-state index in [4.69, 9.17) is 10.5 Å². The van der Waals surface area contributed by atoms with Crippen LogP contribution in [0.1, 0.15) is 28.8 Å². The quantitative estimate of drug-likeness (QED) is 0.610. The van der Waals surface area contributed by atoms with Crippen LogP contribution in [0.15, 0.2) is 84.9 Å². The van der Waals surface area contributed by atoms with Gasteiger partial charge in [-0.1, -0.05) is 72.8 Å². The topological polar surface area (TPSA) is 81.4 Å². The predicted octanol–water partition coefficient (Wildman–Crippen LogP) is 3.56. The maximum atomic E-state index is 12.9. The Balaban J connectivity index is 1.85. The van der Waals surface area contributed by atoms with Gasteiger partial charge in [-0.3, -0.25) is 0 Å². The van der Waals surface area contributed by atoms with Gasteiger partial charge >= 0.3 is 0 Å². The highest BCUT2D eigenvalue weighted by Crippen LogP contribution is 2.28. The minimum atomic E-state index is -3.63. The van der Waals surface area contributed by atoms with E-state index in [1.807, 2.05) is 60.7 Å². The van der Waals surface area contributed by atoms with E-state index in [9.17, 15) is 8.42 Å². The highest BCUT2D eigenvalue weighted by atomic mass is 32.2. The Morgan fingerprint density at radius 2 is 1.39 bits per heavy atom. The van der Waals surface area contributed by atoms with Crippen LogP contribution in [0, 0.1) is 0 Å². The molecule has 0 saturated carbocycles. The Labute approximate surface area is 166 Å². The number of hydrogen-bond donors (Lipinski definition) is 2. The lowest BCUT2D eigenvalue weighted by molar-refractivity contribution is 0.414. The van der Waals surface area contributed by atoms with E-state index >= 15 is 0 Å². The molecule has 28 heavy (non-hydrogen) atoms. The molecule has 3 aromatic carbocycles. The van der Waals surface area contributed by atoms with E-state index < -0.39 is 22.1 Å². The molecule has 0 aromatic heterocycles. The molecule has 6 heteroatoms. The van der Waals surface area contributed by atoms with Crippen LogP contribution in [-0.4, -0.2) is 15.5 Å². The first-order valence-corrected chi connectivity index (χ1v) is 10.6. The number of nitrogens with two attached hydrogens (primary N) is 1. The van der Waals surface area contributed by atoms with E-state index in [-0.39, 0.29) is 5.75 Å². The summed E-state index contributed by atoms with van der Waals surface area (Å²) in [5, 5.41) is 0. The fraction of sp³-hybridized carbons (Fsp3) is 0.182. The van der Waals surface area contributed by atoms with Gasteiger partial charge in [0, 0.05) is 0 Å². The number of benzene rings is 3. The molecule has 0 aliphatic carbocycles. The molecule has 2 atom stereocenters. The first-order valence-electron chi connectivity index (χ1n) is 8.97. The van der Waals surface area contributed by atoms with Crippen LogP contribution < -0.4 is 15.2 Å². The lowest BCUT2D eigenvalue weighted by Gasteiger charge is -2.26. The fourth-order valence-electron chi connectivity index (χ4n) is 3.05. The Bertz CT molecular complexity index is 975. The maximum absolute atomic E-state index is 12.9. The standard InChI is InChI=1S/C22H24N2O3S/c1-27-20-14-12-17(13-15-20)16-28(25,26)24-22(19-10-6-3-7-11-19)21(23)18-8-4-2-5-9-18/h2-15,21-22,24H,16,23H2,1H3. The second kappa shape index (κ2) is 9.01. The average molecular weight is 397 g/mol. The van der Waals surface area contributed by atoms with Crippen LogP contribution in [-0.2, 0) is 15.8 Å². The molecular weight excluding hydrogens is 372 g/mol. The molecule has 0 bridgehead atoms. The number of sulfonamides is 1. The summed E-state index contributed by atoms with van der Waals surface area (Å²) in [7, 11) is -2.05. The first kappa shape index (κ1) is 20.1. The summed E-state index contributed by atoms with van der Waals surface area (Å²) in [6.45, 7) is 0. The summed E-state index contributed by atoms with van der Waals surface area (Å²) in [5.41, 5.74) is 8.82. The van der Waals surface area contributed by atoms with Crippen molar-refractivity contribution in [3.05, 3.63) is 102 Å². The maximum Gasteiger partial charge on any atom is 0.216 e. The smallest absolute Gasteiger partial charge is 0.216 e. The normalized spacial score (nSPS) is 13.6. The van der Waals surface area contributed by atoms with Crippen molar-refractivity contribution in [2.75, 3.05) is 7.11 Å². The number of ether oxygens (including phenoxy) is 1. The summed E-state index contributed by atoms with van der Waals surface area (Å²) >= 11 is 0. The third-order valence-electron chi connectivity index (χ3n) is 4.52. The molecule has 146 valence electrons. The lowest BCUT2D eigenvalue weighted by Crippen LogP contribution is -2.36. The van der Waals surface area contributed by atoms with Crippen molar-refractivity contribution in [1.82, 2.24) is 4.72 Å². The van der Waals surface area contributed by atoms with Gasteiger partial charge in [0.15, 0.2) is 0 Å². The molecule has 0 amide bonds. The van der Waals surface area contributed by atoms with Gasteiger partial charge in [0.1, 0.15) is 5.75 Å². The van der Waals surface area contributed by atoms with Crippen molar-refractivity contribution in [3.63, 3.8) is 0 Å². The van der Waals surface area contributed by atoms with Gasteiger partial charge in [-0.05, 0) is 28.8 Å². The molecule has 0 heterocycles. The molecule has 0 aliphatic heterocycles. The minimum absolute atomic E-state index is 0.137. The Morgan fingerprint density at radius 3 is 1.93 bits per heavy atom. The monoisotopic (exact) mass is 396 g/mol. The SMILES string of the molecule is COc1ccc(CS(=O)(=O)NC(c2ccccc2)C(N)c2ccccc2)cc1. The van der Waals surface area contributed by atoms with Crippen LogP contribution in [0.2, 0.25) is 0 Å². The zero-order chi connectivity index (χ0) is 20.0. The largest absolute Gasteiger partial charge is 0.497 e. The van der Waals surface area contributed by atoms with Crippen molar-refractivity contribution >= 4 is 10.0 Å². The van der Waals surface area contributed by atoms with Crippen molar-refractivity contribution < 1.29 is 13.2 Å².